The number of nitrogens with zero attached hydrogens (tertiary/aromatic N) is 5. The van der Waals surface area contributed by atoms with Gasteiger partial charge in [-0.1, -0.05) is 54.6 Å². The van der Waals surface area contributed by atoms with Gasteiger partial charge in [0.05, 0.1) is 44.2 Å². The number of benzene rings is 2. The number of H-pyrrole nitrogens is 1. The molecule has 0 radical (unpaired) electrons. The SMILES string of the molecule is COC(=O)N[C@@H](C)C(=O)N1CCC[C@H]1C1=NC=C(c2ccc(-c3ccc(-c4cnc([C@@H]5CCCN5C(C)[C@H](Cc5ccccn5)NC(=O)OC)[nH]4)cc3)cc2)C1. The molecule has 3 aliphatic heterocycles. The molecule has 4 aromatic rings. The summed E-state index contributed by atoms with van der Waals surface area (Å²) in [5.74, 6) is 0.796. The van der Waals surface area contributed by atoms with E-state index in [1.54, 1.807) is 13.1 Å². The molecule has 292 valence electrons. The van der Waals surface area contributed by atoms with Gasteiger partial charge in [0.2, 0.25) is 5.91 Å². The molecule has 2 saturated heterocycles. The second-order valence-corrected chi connectivity index (χ2v) is 14.7. The number of aliphatic imine (C=N–C) groups is 1. The first kappa shape index (κ1) is 38.5. The van der Waals surface area contributed by atoms with Crippen molar-refractivity contribution in [3.63, 3.8) is 0 Å². The molecule has 7 rings (SSSR count). The molecule has 1 unspecified atom stereocenters. The number of imidazole rings is 1. The lowest BCUT2D eigenvalue weighted by atomic mass is 9.96. The Bertz CT molecular complexity index is 2060. The first-order chi connectivity index (χ1) is 27.2. The number of pyridine rings is 1. The lowest BCUT2D eigenvalue weighted by Crippen LogP contribution is -2.51. The van der Waals surface area contributed by atoms with Gasteiger partial charge in [0, 0.05) is 49.2 Å². The van der Waals surface area contributed by atoms with Gasteiger partial charge in [-0.3, -0.25) is 19.7 Å². The fourth-order valence-corrected chi connectivity index (χ4v) is 8.22. The standard InChI is InChI=1S/C43H50N8O5/c1-27(47-42(53)55-3)41(52)51-22-7-10-38(51)36-23-33(25-45-36)31-14-12-29(13-15-31)30-16-18-32(19-17-30)37-26-46-40(48-37)39-11-8-21-50(39)28(2)35(49-43(54)56-4)24-34-9-5-6-20-44-34/h5-6,9,12-20,25-28,35,38-39H,7-8,10-11,21-24H2,1-4H3,(H,46,48)(H,47,53)(H,49,54)/t27-,28?,35-,38-,39-/m0/s1. The van der Waals surface area contributed by atoms with Gasteiger partial charge in [-0.2, -0.15) is 0 Å². The van der Waals surface area contributed by atoms with Gasteiger partial charge in [0.25, 0.3) is 0 Å². The molecule has 0 aliphatic carbocycles. The molecule has 0 bridgehead atoms. The van der Waals surface area contributed by atoms with E-state index in [-0.39, 0.29) is 30.1 Å². The minimum atomic E-state index is -0.672. The van der Waals surface area contributed by atoms with Crippen molar-refractivity contribution in [1.29, 1.82) is 0 Å². The first-order valence-electron chi connectivity index (χ1n) is 19.4. The van der Waals surface area contributed by atoms with Crippen molar-refractivity contribution in [3.8, 4) is 22.4 Å². The van der Waals surface area contributed by atoms with E-state index in [0.717, 1.165) is 83.0 Å². The predicted octanol–water partition coefficient (Wildman–Crippen LogP) is 6.55. The van der Waals surface area contributed by atoms with Gasteiger partial charge in [0.15, 0.2) is 0 Å². The zero-order valence-corrected chi connectivity index (χ0v) is 32.4. The molecule has 3 amide bonds. The highest BCUT2D eigenvalue weighted by Gasteiger charge is 2.37. The highest BCUT2D eigenvalue weighted by Crippen LogP contribution is 2.35. The van der Waals surface area contributed by atoms with Crippen molar-refractivity contribution in [3.05, 3.63) is 102 Å². The molecule has 13 nitrogen and oxygen atoms in total. The van der Waals surface area contributed by atoms with E-state index in [4.69, 9.17) is 14.7 Å². The number of nitrogens with one attached hydrogen (secondary N) is 3. The van der Waals surface area contributed by atoms with Crippen LogP contribution in [0.3, 0.4) is 0 Å². The summed E-state index contributed by atoms with van der Waals surface area (Å²) in [5.41, 5.74) is 8.35. The van der Waals surface area contributed by atoms with E-state index in [1.165, 1.54) is 14.2 Å². The number of methoxy groups -OCH3 is 2. The molecular weight excluding hydrogens is 709 g/mol. The van der Waals surface area contributed by atoms with Crippen LogP contribution in [0.4, 0.5) is 9.59 Å². The van der Waals surface area contributed by atoms with Crippen molar-refractivity contribution >= 4 is 29.4 Å². The number of carbonyl (C=O) groups is 3. The number of aromatic amines is 1. The quantitative estimate of drug-likeness (QED) is 0.147. The van der Waals surface area contributed by atoms with Gasteiger partial charge in [-0.25, -0.2) is 14.6 Å². The van der Waals surface area contributed by atoms with Crippen LogP contribution in [0, 0.1) is 0 Å². The average molecular weight is 759 g/mol. The molecule has 3 aliphatic rings. The fourth-order valence-electron chi connectivity index (χ4n) is 8.22. The van der Waals surface area contributed by atoms with Crippen molar-refractivity contribution < 1.29 is 23.9 Å². The monoisotopic (exact) mass is 758 g/mol. The highest BCUT2D eigenvalue weighted by atomic mass is 16.5. The summed E-state index contributed by atoms with van der Waals surface area (Å²) in [5, 5.41) is 5.64. The van der Waals surface area contributed by atoms with Gasteiger partial charge < -0.3 is 30.0 Å². The number of allylic oxidation sites excluding steroid dienone is 1. The molecule has 2 aromatic heterocycles. The number of rotatable bonds is 12. The van der Waals surface area contributed by atoms with E-state index < -0.39 is 18.2 Å². The first-order valence-corrected chi connectivity index (χ1v) is 19.4. The van der Waals surface area contributed by atoms with Crippen LogP contribution < -0.4 is 10.6 Å². The molecule has 3 N–H and O–H groups in total. The van der Waals surface area contributed by atoms with Crippen LogP contribution in [0.1, 0.15) is 69.1 Å². The van der Waals surface area contributed by atoms with Crippen LogP contribution in [0.25, 0.3) is 28.0 Å². The average Bonchev–Trinajstić information content (AvgIpc) is 4.07. The molecule has 56 heavy (non-hydrogen) atoms. The summed E-state index contributed by atoms with van der Waals surface area (Å²) in [6.45, 7) is 5.38. The van der Waals surface area contributed by atoms with Crippen LogP contribution in [0.2, 0.25) is 0 Å². The second-order valence-electron chi connectivity index (χ2n) is 14.7. The Morgan fingerprint density at radius 3 is 2.18 bits per heavy atom. The largest absolute Gasteiger partial charge is 0.453 e. The Labute approximate surface area is 327 Å². The fraction of sp³-hybridized carbons (Fsp3) is 0.395. The molecule has 5 heterocycles. The number of carbonyl (C=O) groups excluding carboxylic acids is 3. The molecule has 2 fully saturated rings. The summed E-state index contributed by atoms with van der Waals surface area (Å²) in [6.07, 6.45) is 9.56. The van der Waals surface area contributed by atoms with Gasteiger partial charge in [-0.05, 0) is 86.0 Å². The zero-order valence-electron chi connectivity index (χ0n) is 32.4. The lowest BCUT2D eigenvalue weighted by molar-refractivity contribution is -0.132. The topological polar surface area (TPSA) is 154 Å². The number of likely N-dealkylation sites (tertiary alicyclic amines) is 2. The second kappa shape index (κ2) is 17.3. The van der Waals surface area contributed by atoms with Gasteiger partial charge in [-0.15, -0.1) is 0 Å². The van der Waals surface area contributed by atoms with E-state index in [0.29, 0.717) is 19.4 Å². The van der Waals surface area contributed by atoms with Crippen molar-refractivity contribution in [2.45, 2.75) is 82.6 Å². The normalized spacial score (nSPS) is 19.8. The maximum Gasteiger partial charge on any atom is 0.407 e. The highest BCUT2D eigenvalue weighted by molar-refractivity contribution is 6.03. The van der Waals surface area contributed by atoms with Crippen LogP contribution in [-0.4, -0.2) is 100 Å². The van der Waals surface area contributed by atoms with Gasteiger partial charge in [0.1, 0.15) is 11.9 Å². The third-order valence-corrected chi connectivity index (χ3v) is 11.3. The molecule has 2 aromatic carbocycles. The summed E-state index contributed by atoms with van der Waals surface area (Å²) in [4.78, 5) is 59.1. The Balaban J connectivity index is 0.968. The van der Waals surface area contributed by atoms with Crippen molar-refractivity contribution in [2.24, 2.45) is 4.99 Å². The molecule has 0 spiro atoms. The molecule has 0 saturated carbocycles. The smallest absolute Gasteiger partial charge is 0.407 e. The maximum absolute atomic E-state index is 13.1. The summed E-state index contributed by atoms with van der Waals surface area (Å²) < 4.78 is 9.63. The molecule has 5 atom stereocenters. The van der Waals surface area contributed by atoms with E-state index >= 15 is 0 Å². The van der Waals surface area contributed by atoms with Crippen LogP contribution in [0.5, 0.6) is 0 Å². The Morgan fingerprint density at radius 2 is 1.48 bits per heavy atom. The minimum absolute atomic E-state index is 0.0165. The summed E-state index contributed by atoms with van der Waals surface area (Å²) >= 11 is 0. The third-order valence-electron chi connectivity index (χ3n) is 11.3. The number of ether oxygens (including phenoxy) is 2. The Hall–Kier alpha value is -5.82. The number of hydrogen-bond donors (Lipinski definition) is 3. The molecule has 13 heteroatoms. The number of hydrogen-bond acceptors (Lipinski definition) is 9. The minimum Gasteiger partial charge on any atom is -0.453 e. The number of aromatic nitrogens is 3. The van der Waals surface area contributed by atoms with Crippen molar-refractivity contribution in [1.82, 2.24) is 35.4 Å². The number of alkyl carbamates (subject to hydrolysis) is 2. The Morgan fingerprint density at radius 1 is 0.821 bits per heavy atom. The summed E-state index contributed by atoms with van der Waals surface area (Å²) in [6, 6.07) is 22.0. The van der Waals surface area contributed by atoms with E-state index in [9.17, 15) is 14.4 Å². The summed E-state index contributed by atoms with van der Waals surface area (Å²) in [7, 11) is 2.67. The van der Waals surface area contributed by atoms with Gasteiger partial charge >= 0.3 is 12.2 Å². The van der Waals surface area contributed by atoms with Crippen molar-refractivity contribution in [2.75, 3.05) is 27.3 Å². The van der Waals surface area contributed by atoms with Crippen LogP contribution >= 0.6 is 0 Å². The van der Waals surface area contributed by atoms with E-state index in [1.807, 2.05) is 35.5 Å². The third kappa shape index (κ3) is 8.52. The predicted molar refractivity (Wildman–Crippen MR) is 215 cm³/mol. The van der Waals surface area contributed by atoms with E-state index in [2.05, 4.69) is 85.7 Å². The molecular formula is C43H50N8O5. The number of amides is 3. The zero-order chi connectivity index (χ0) is 39.2. The maximum atomic E-state index is 13.1. The lowest BCUT2D eigenvalue weighted by Gasteiger charge is -2.35. The van der Waals surface area contributed by atoms with Crippen LogP contribution in [-0.2, 0) is 20.7 Å². The Kier molecular flexibility index (Phi) is 11.9. The van der Waals surface area contributed by atoms with Crippen LogP contribution in [0.15, 0.2) is 90.3 Å².